The molecule has 10 heteroatoms. The van der Waals surface area contributed by atoms with Gasteiger partial charge in [0.15, 0.2) is 0 Å². The highest BCUT2D eigenvalue weighted by atomic mass is 31.2. The van der Waals surface area contributed by atoms with Gasteiger partial charge in [-0.15, -0.1) is 0 Å². The van der Waals surface area contributed by atoms with Crippen LogP contribution in [0.1, 0.15) is 65.2 Å². The topological polar surface area (TPSA) is 113 Å². The molecule has 146 valence electrons. The maximum absolute atomic E-state index is 10.3. The van der Waals surface area contributed by atoms with E-state index in [-0.39, 0.29) is 13.2 Å². The lowest BCUT2D eigenvalue weighted by molar-refractivity contribution is -0.708. The zero-order valence-corrected chi connectivity index (χ0v) is 15.4. The van der Waals surface area contributed by atoms with Crippen molar-refractivity contribution in [3.63, 3.8) is 0 Å². The molecule has 0 amide bonds. The first kappa shape index (κ1) is 23.9. The average Bonchev–Trinajstić information content (AvgIpc) is 2.49. The second kappa shape index (κ2) is 16.4. The maximum Gasteiger partial charge on any atom is 0.469 e. The van der Waals surface area contributed by atoms with Crippen molar-refractivity contribution in [2.75, 3.05) is 19.8 Å². The first-order chi connectivity index (χ1) is 11.4. The van der Waals surface area contributed by atoms with E-state index in [0.29, 0.717) is 6.61 Å². The van der Waals surface area contributed by atoms with Crippen molar-refractivity contribution >= 4 is 7.82 Å². The van der Waals surface area contributed by atoms with E-state index in [9.17, 15) is 4.57 Å². The van der Waals surface area contributed by atoms with Gasteiger partial charge < -0.3 is 9.79 Å². The number of unbranched alkanes of at least 4 members (excludes halogenated alkanes) is 6. The summed E-state index contributed by atoms with van der Waals surface area (Å²) in [5, 5.41) is 12.4. The van der Waals surface area contributed by atoms with Crippen LogP contribution in [0.2, 0.25) is 0 Å². The summed E-state index contributed by atoms with van der Waals surface area (Å²) in [6.07, 6.45) is 9.55. The lowest BCUT2D eigenvalue weighted by Gasteiger charge is -2.05. The number of rotatable bonds is 18. The standard InChI is InChI=1S/C14H31O9P/c1-14(2)10-8-6-4-3-5-7-9-11-18-21-23-22-19-12-13-20-24(15,16)17/h14H,3-13H2,1-2H3,(H2,15,16,17). The van der Waals surface area contributed by atoms with Gasteiger partial charge in [0.2, 0.25) is 0 Å². The number of phosphoric acid groups is 1. The van der Waals surface area contributed by atoms with Crippen molar-refractivity contribution in [1.29, 1.82) is 0 Å². The third kappa shape index (κ3) is 21.9. The quantitative estimate of drug-likeness (QED) is 0.161. The van der Waals surface area contributed by atoms with Crippen LogP contribution in [0.15, 0.2) is 0 Å². The molecule has 0 saturated heterocycles. The summed E-state index contributed by atoms with van der Waals surface area (Å²) in [5.41, 5.74) is 0. The van der Waals surface area contributed by atoms with Crippen LogP contribution >= 0.6 is 7.82 Å². The van der Waals surface area contributed by atoms with E-state index in [1.54, 1.807) is 0 Å². The first-order valence-corrected chi connectivity index (χ1v) is 9.89. The lowest BCUT2D eigenvalue weighted by Crippen LogP contribution is -2.05. The minimum atomic E-state index is -4.49. The normalized spacial score (nSPS) is 12.2. The minimum Gasteiger partial charge on any atom is -0.303 e. The first-order valence-electron chi connectivity index (χ1n) is 8.36. The van der Waals surface area contributed by atoms with Gasteiger partial charge in [-0.25, -0.2) is 14.3 Å². The molecule has 0 saturated carbocycles. The van der Waals surface area contributed by atoms with Crippen molar-refractivity contribution in [1.82, 2.24) is 0 Å². The summed E-state index contributed by atoms with van der Waals surface area (Å²) in [5.74, 6) is 0.798. The summed E-state index contributed by atoms with van der Waals surface area (Å²) in [7, 11) is -4.49. The molecule has 0 aliphatic rings. The van der Waals surface area contributed by atoms with Crippen molar-refractivity contribution in [2.45, 2.75) is 65.2 Å². The Morgan fingerprint density at radius 3 is 1.88 bits per heavy atom. The predicted octanol–water partition coefficient (Wildman–Crippen LogP) is 3.62. The number of hydrogen-bond acceptors (Lipinski definition) is 7. The maximum atomic E-state index is 10.3. The molecule has 0 spiro atoms. The molecule has 0 aromatic heterocycles. The molecular formula is C14H31O9P. The van der Waals surface area contributed by atoms with Gasteiger partial charge in [0.25, 0.3) is 0 Å². The Morgan fingerprint density at radius 2 is 1.29 bits per heavy atom. The van der Waals surface area contributed by atoms with Crippen LogP contribution in [0, 0.1) is 5.92 Å². The second-order valence-electron chi connectivity index (χ2n) is 5.83. The van der Waals surface area contributed by atoms with Gasteiger partial charge in [0.05, 0.1) is 13.2 Å². The molecule has 0 aromatic carbocycles. The zero-order valence-electron chi connectivity index (χ0n) is 14.6. The Labute approximate surface area is 143 Å². The van der Waals surface area contributed by atoms with Crippen LogP contribution in [-0.2, 0) is 34.0 Å². The molecule has 24 heavy (non-hydrogen) atoms. The highest BCUT2D eigenvalue weighted by molar-refractivity contribution is 7.46. The molecular weight excluding hydrogens is 343 g/mol. The smallest absolute Gasteiger partial charge is 0.303 e. The Morgan fingerprint density at radius 1 is 0.750 bits per heavy atom. The largest absolute Gasteiger partial charge is 0.469 e. The van der Waals surface area contributed by atoms with E-state index >= 15 is 0 Å². The van der Waals surface area contributed by atoms with Crippen molar-refractivity contribution < 1.29 is 43.8 Å². The van der Waals surface area contributed by atoms with E-state index in [1.807, 2.05) is 0 Å². The monoisotopic (exact) mass is 374 g/mol. The summed E-state index contributed by atoms with van der Waals surface area (Å²) in [6, 6.07) is 0. The third-order valence-electron chi connectivity index (χ3n) is 3.09. The Hall–Kier alpha value is -0.0900. The molecule has 0 fully saturated rings. The molecule has 0 atom stereocenters. The van der Waals surface area contributed by atoms with E-state index in [4.69, 9.17) is 9.79 Å². The van der Waals surface area contributed by atoms with Crippen molar-refractivity contribution in [3.05, 3.63) is 0 Å². The molecule has 0 aliphatic carbocycles. The highest BCUT2D eigenvalue weighted by Gasteiger charge is 2.12. The second-order valence-corrected chi connectivity index (χ2v) is 7.07. The predicted molar refractivity (Wildman–Crippen MR) is 84.9 cm³/mol. The lowest BCUT2D eigenvalue weighted by atomic mass is 10.0. The van der Waals surface area contributed by atoms with Crippen molar-refractivity contribution in [2.24, 2.45) is 5.92 Å². The van der Waals surface area contributed by atoms with Gasteiger partial charge in [-0.3, -0.25) is 4.52 Å². The molecule has 0 radical (unpaired) electrons. The van der Waals surface area contributed by atoms with Gasteiger partial charge in [0, 0.05) is 0 Å². The SMILES string of the molecule is CC(C)CCCCCCCCCOOOOOCCOP(=O)(O)O. The van der Waals surface area contributed by atoms with E-state index in [2.05, 4.69) is 43.3 Å². The van der Waals surface area contributed by atoms with Gasteiger partial charge in [-0.2, -0.15) is 0 Å². The third-order valence-corrected chi connectivity index (χ3v) is 3.61. The van der Waals surface area contributed by atoms with Crippen LogP contribution in [0.5, 0.6) is 0 Å². The fourth-order valence-electron chi connectivity index (χ4n) is 1.91. The Bertz CT molecular complexity index is 309. The van der Waals surface area contributed by atoms with Crippen LogP contribution in [0.25, 0.3) is 0 Å². The molecule has 0 aliphatic heterocycles. The zero-order chi connectivity index (χ0) is 18.1. The van der Waals surface area contributed by atoms with Gasteiger partial charge >= 0.3 is 7.82 Å². The Kier molecular flexibility index (Phi) is 16.3. The van der Waals surface area contributed by atoms with Crippen LogP contribution in [0.4, 0.5) is 0 Å². The minimum absolute atomic E-state index is 0.244. The van der Waals surface area contributed by atoms with Crippen LogP contribution in [-0.4, -0.2) is 29.6 Å². The van der Waals surface area contributed by atoms with Gasteiger partial charge in [-0.1, -0.05) is 58.8 Å². The number of phosphoric ester groups is 1. The van der Waals surface area contributed by atoms with Crippen LogP contribution < -0.4 is 0 Å². The fourth-order valence-corrected chi connectivity index (χ4v) is 2.22. The van der Waals surface area contributed by atoms with Gasteiger partial charge in [-0.05, 0) is 27.5 Å². The highest BCUT2D eigenvalue weighted by Crippen LogP contribution is 2.35. The molecule has 0 heterocycles. The molecule has 0 aromatic rings. The molecule has 0 unspecified atom stereocenters. The molecule has 0 rings (SSSR count). The van der Waals surface area contributed by atoms with E-state index < -0.39 is 7.82 Å². The summed E-state index contributed by atoms with van der Waals surface area (Å²) in [6.45, 7) is 4.28. The van der Waals surface area contributed by atoms with Crippen LogP contribution in [0.3, 0.4) is 0 Å². The summed E-state index contributed by atoms with van der Waals surface area (Å²) < 4.78 is 14.4. The molecule has 0 bridgehead atoms. The van der Waals surface area contributed by atoms with Gasteiger partial charge in [0.1, 0.15) is 6.61 Å². The Balaban J connectivity index is 3.04. The summed E-state index contributed by atoms with van der Waals surface area (Å²) in [4.78, 5) is 25.8. The fraction of sp³-hybridized carbons (Fsp3) is 1.00. The molecule has 9 nitrogen and oxygen atoms in total. The summed E-state index contributed by atoms with van der Waals surface area (Å²) >= 11 is 0. The molecule has 2 N–H and O–H groups in total. The number of hydrogen-bond donors (Lipinski definition) is 2. The van der Waals surface area contributed by atoms with E-state index in [0.717, 1.165) is 18.8 Å². The van der Waals surface area contributed by atoms with Crippen molar-refractivity contribution in [3.8, 4) is 0 Å². The average molecular weight is 374 g/mol. The van der Waals surface area contributed by atoms with E-state index in [1.165, 1.54) is 38.5 Å².